The van der Waals surface area contributed by atoms with Crippen LogP contribution in [-0.2, 0) is 4.79 Å². The smallest absolute Gasteiger partial charge is 0.254 e. The summed E-state index contributed by atoms with van der Waals surface area (Å²) in [4.78, 5) is 39.9. The summed E-state index contributed by atoms with van der Waals surface area (Å²) in [6.07, 6.45) is 1.04. The van der Waals surface area contributed by atoms with Crippen LogP contribution in [0.4, 0.5) is 5.69 Å². The number of nitrogens with one attached hydrogen (secondary N) is 2. The van der Waals surface area contributed by atoms with Crippen LogP contribution in [0.15, 0.2) is 36.4 Å². The molecule has 1 saturated heterocycles. The quantitative estimate of drug-likeness (QED) is 0.615. The Morgan fingerprint density at radius 3 is 2.15 bits per heavy atom. The van der Waals surface area contributed by atoms with Gasteiger partial charge in [-0.2, -0.15) is 0 Å². The number of nitrogens with zero attached hydrogens (tertiary/aromatic N) is 1. The van der Waals surface area contributed by atoms with E-state index in [0.29, 0.717) is 59.3 Å². The summed E-state index contributed by atoms with van der Waals surface area (Å²) in [6, 6.07) is 9.84. The van der Waals surface area contributed by atoms with Crippen molar-refractivity contribution in [2.24, 2.45) is 5.92 Å². The molecule has 1 aliphatic heterocycles. The summed E-state index contributed by atoms with van der Waals surface area (Å²) >= 11 is 6.25. The Kier molecular flexibility index (Phi) is 8.39. The van der Waals surface area contributed by atoms with Crippen molar-refractivity contribution >= 4 is 35.0 Å². The first-order valence-corrected chi connectivity index (χ1v) is 11.5. The molecule has 0 aromatic heterocycles. The van der Waals surface area contributed by atoms with Crippen molar-refractivity contribution in [3.8, 4) is 11.5 Å². The number of carbonyl (C=O) groups is 3. The van der Waals surface area contributed by atoms with Crippen LogP contribution in [-0.4, -0.2) is 56.0 Å². The van der Waals surface area contributed by atoms with Gasteiger partial charge in [-0.05, 0) is 57.0 Å². The third kappa shape index (κ3) is 6.20. The van der Waals surface area contributed by atoms with Gasteiger partial charge < -0.3 is 25.0 Å². The number of piperidine rings is 1. The molecular weight excluding hydrogens is 458 g/mol. The van der Waals surface area contributed by atoms with Crippen LogP contribution in [0.1, 0.15) is 47.4 Å². The van der Waals surface area contributed by atoms with Gasteiger partial charge in [0.2, 0.25) is 5.91 Å². The maximum Gasteiger partial charge on any atom is 0.254 e. The second-order valence-corrected chi connectivity index (χ2v) is 8.89. The van der Waals surface area contributed by atoms with Gasteiger partial charge in [-0.1, -0.05) is 11.6 Å². The molecule has 0 saturated carbocycles. The molecule has 0 atom stereocenters. The Balaban J connectivity index is 1.62. The SMILES string of the molecule is COc1cc(OC)cc(C(=O)N2CCC(C(=O)Nc3cc(C(=O)NC(C)C)ccc3Cl)CC2)c1. The van der Waals surface area contributed by atoms with Crippen molar-refractivity contribution < 1.29 is 23.9 Å². The normalized spacial score (nSPS) is 14.0. The fourth-order valence-corrected chi connectivity index (χ4v) is 3.97. The Morgan fingerprint density at radius 1 is 0.971 bits per heavy atom. The average Bonchev–Trinajstić information content (AvgIpc) is 2.84. The highest BCUT2D eigenvalue weighted by Crippen LogP contribution is 2.28. The molecule has 2 N–H and O–H groups in total. The van der Waals surface area contributed by atoms with Gasteiger partial charge in [0.25, 0.3) is 11.8 Å². The molecule has 9 heteroatoms. The number of benzene rings is 2. The molecule has 0 bridgehead atoms. The fraction of sp³-hybridized carbons (Fsp3) is 0.400. The summed E-state index contributed by atoms with van der Waals surface area (Å²) in [5.74, 6) is 0.258. The Hall–Kier alpha value is -3.26. The van der Waals surface area contributed by atoms with Crippen LogP contribution >= 0.6 is 11.6 Å². The standard InChI is InChI=1S/C25H30ClN3O5/c1-15(2)27-24(31)17-5-6-21(26)22(13-17)28-23(30)16-7-9-29(10-8-16)25(32)18-11-19(33-3)14-20(12-18)34-4/h5-6,11-16H,7-10H2,1-4H3,(H,27,31)(H,28,30). The number of amides is 3. The van der Waals surface area contributed by atoms with Crippen molar-refractivity contribution in [3.05, 3.63) is 52.5 Å². The highest BCUT2D eigenvalue weighted by molar-refractivity contribution is 6.34. The first kappa shape index (κ1) is 25.4. The number of rotatable bonds is 7. The Bertz CT molecular complexity index is 1040. The lowest BCUT2D eigenvalue weighted by Crippen LogP contribution is -2.41. The predicted molar refractivity (Wildman–Crippen MR) is 131 cm³/mol. The zero-order valence-corrected chi connectivity index (χ0v) is 20.6. The minimum absolute atomic E-state index is 0.00725. The van der Waals surface area contributed by atoms with E-state index in [0.717, 1.165) is 0 Å². The molecule has 0 unspecified atom stereocenters. The predicted octanol–water partition coefficient (Wildman–Crippen LogP) is 3.99. The van der Waals surface area contributed by atoms with Gasteiger partial charge in [0.1, 0.15) is 11.5 Å². The summed E-state index contributed by atoms with van der Waals surface area (Å²) in [6.45, 7) is 4.64. The van der Waals surface area contributed by atoms with Crippen LogP contribution in [0.5, 0.6) is 11.5 Å². The molecule has 8 nitrogen and oxygen atoms in total. The van der Waals surface area contributed by atoms with Crippen LogP contribution in [0.25, 0.3) is 0 Å². The molecule has 1 aliphatic rings. The van der Waals surface area contributed by atoms with Crippen LogP contribution in [0, 0.1) is 5.92 Å². The maximum absolute atomic E-state index is 13.0. The van der Waals surface area contributed by atoms with Crippen molar-refractivity contribution in [2.75, 3.05) is 32.6 Å². The molecule has 34 heavy (non-hydrogen) atoms. The van der Waals surface area contributed by atoms with Crippen LogP contribution < -0.4 is 20.1 Å². The third-order valence-electron chi connectivity index (χ3n) is 5.66. The van der Waals surface area contributed by atoms with E-state index in [1.807, 2.05) is 13.8 Å². The molecule has 1 fully saturated rings. The van der Waals surface area contributed by atoms with E-state index in [2.05, 4.69) is 10.6 Å². The lowest BCUT2D eigenvalue weighted by molar-refractivity contribution is -0.121. The highest BCUT2D eigenvalue weighted by Gasteiger charge is 2.29. The number of hydrogen-bond donors (Lipinski definition) is 2. The summed E-state index contributed by atoms with van der Waals surface area (Å²) in [7, 11) is 3.07. The van der Waals surface area contributed by atoms with Gasteiger partial charge in [0.15, 0.2) is 0 Å². The Morgan fingerprint density at radius 2 is 1.59 bits per heavy atom. The minimum atomic E-state index is -0.270. The molecular formula is C25H30ClN3O5. The largest absolute Gasteiger partial charge is 0.497 e. The summed E-state index contributed by atoms with van der Waals surface area (Å²) in [5.41, 5.74) is 1.29. The first-order chi connectivity index (χ1) is 16.2. The molecule has 0 aliphatic carbocycles. The zero-order chi connectivity index (χ0) is 24.8. The van der Waals surface area contributed by atoms with Crippen molar-refractivity contribution in [1.29, 1.82) is 0 Å². The van der Waals surface area contributed by atoms with E-state index in [9.17, 15) is 14.4 Å². The molecule has 3 rings (SSSR count). The van der Waals surface area contributed by atoms with E-state index < -0.39 is 0 Å². The molecule has 2 aromatic rings. The van der Waals surface area contributed by atoms with E-state index in [-0.39, 0.29) is 29.7 Å². The Labute approximate surface area is 204 Å². The van der Waals surface area contributed by atoms with Gasteiger partial charge >= 0.3 is 0 Å². The first-order valence-electron chi connectivity index (χ1n) is 11.2. The molecule has 0 radical (unpaired) electrons. The van der Waals surface area contributed by atoms with E-state index >= 15 is 0 Å². The third-order valence-corrected chi connectivity index (χ3v) is 5.99. The van der Waals surface area contributed by atoms with Crippen molar-refractivity contribution in [2.45, 2.75) is 32.7 Å². The van der Waals surface area contributed by atoms with E-state index in [1.54, 1.807) is 41.3 Å². The lowest BCUT2D eigenvalue weighted by Gasteiger charge is -2.31. The van der Waals surface area contributed by atoms with E-state index in [1.165, 1.54) is 14.2 Å². The lowest BCUT2D eigenvalue weighted by atomic mass is 9.95. The number of anilines is 1. The van der Waals surface area contributed by atoms with Crippen molar-refractivity contribution in [1.82, 2.24) is 10.2 Å². The zero-order valence-electron chi connectivity index (χ0n) is 19.8. The average molecular weight is 488 g/mol. The van der Waals surface area contributed by atoms with Gasteiger partial charge in [0, 0.05) is 42.2 Å². The minimum Gasteiger partial charge on any atom is -0.497 e. The maximum atomic E-state index is 13.0. The summed E-state index contributed by atoms with van der Waals surface area (Å²) in [5, 5.41) is 6.02. The second-order valence-electron chi connectivity index (χ2n) is 8.48. The second kappa shape index (κ2) is 11.2. The number of methoxy groups -OCH3 is 2. The number of halogens is 1. The monoisotopic (exact) mass is 487 g/mol. The summed E-state index contributed by atoms with van der Waals surface area (Å²) < 4.78 is 10.5. The highest BCUT2D eigenvalue weighted by atomic mass is 35.5. The molecule has 0 spiro atoms. The van der Waals surface area contributed by atoms with E-state index in [4.69, 9.17) is 21.1 Å². The van der Waals surface area contributed by atoms with Gasteiger partial charge in [-0.15, -0.1) is 0 Å². The molecule has 1 heterocycles. The van der Waals surface area contributed by atoms with Gasteiger partial charge in [-0.25, -0.2) is 0 Å². The number of carbonyl (C=O) groups excluding carboxylic acids is 3. The molecule has 3 amide bonds. The van der Waals surface area contributed by atoms with Gasteiger partial charge in [0.05, 0.1) is 24.9 Å². The van der Waals surface area contributed by atoms with Crippen LogP contribution in [0.3, 0.4) is 0 Å². The topological polar surface area (TPSA) is 97.0 Å². The number of likely N-dealkylation sites (tertiary alicyclic amines) is 1. The molecule has 2 aromatic carbocycles. The van der Waals surface area contributed by atoms with Gasteiger partial charge in [-0.3, -0.25) is 14.4 Å². The fourth-order valence-electron chi connectivity index (χ4n) is 3.80. The van der Waals surface area contributed by atoms with Crippen LogP contribution in [0.2, 0.25) is 5.02 Å². The number of ether oxygens (including phenoxy) is 2. The number of hydrogen-bond acceptors (Lipinski definition) is 5. The van der Waals surface area contributed by atoms with Crippen molar-refractivity contribution in [3.63, 3.8) is 0 Å². The molecule has 182 valence electrons.